The molecule has 0 unspecified atom stereocenters. The van der Waals surface area contributed by atoms with Crippen LogP contribution in [0.4, 0.5) is 5.13 Å². The number of amides is 1. The Morgan fingerprint density at radius 2 is 1.91 bits per heavy atom. The lowest BCUT2D eigenvalue weighted by atomic mass is 10.2. The van der Waals surface area contributed by atoms with Gasteiger partial charge in [0.15, 0.2) is 16.6 Å². The van der Waals surface area contributed by atoms with Gasteiger partial charge in [0.05, 0.1) is 36.7 Å². The van der Waals surface area contributed by atoms with E-state index in [-0.39, 0.29) is 5.91 Å². The summed E-state index contributed by atoms with van der Waals surface area (Å²) in [5.74, 6) is 1.06. The van der Waals surface area contributed by atoms with Crippen LogP contribution in [0, 0.1) is 6.92 Å². The molecule has 7 heteroatoms. The summed E-state index contributed by atoms with van der Waals surface area (Å²) in [6.45, 7) is 2.37. The minimum atomic E-state index is -0.179. The largest absolute Gasteiger partial charge is 0.493 e. The number of carbonyl (C=O) groups excluding carboxylic acids is 1. The molecule has 4 rings (SSSR count). The minimum Gasteiger partial charge on any atom is -0.493 e. The summed E-state index contributed by atoms with van der Waals surface area (Å²) in [5.41, 5.74) is 3.64. The molecule has 0 radical (unpaired) electrons. The number of thiazole rings is 1. The van der Waals surface area contributed by atoms with Crippen LogP contribution in [0.5, 0.6) is 11.5 Å². The normalized spacial score (nSPS) is 11.1. The maximum Gasteiger partial charge on any atom is 0.253 e. The van der Waals surface area contributed by atoms with Crippen molar-refractivity contribution in [3.05, 3.63) is 83.7 Å². The first-order valence-corrected chi connectivity index (χ1v) is 10.9. The number of rotatable bonds is 7. The molecule has 0 saturated carbocycles. The highest BCUT2D eigenvalue weighted by atomic mass is 32.1. The number of benzene rings is 2. The van der Waals surface area contributed by atoms with E-state index in [9.17, 15) is 4.79 Å². The number of methoxy groups -OCH3 is 2. The van der Waals surface area contributed by atoms with E-state index in [4.69, 9.17) is 14.5 Å². The van der Waals surface area contributed by atoms with Gasteiger partial charge in [0.25, 0.3) is 5.91 Å². The van der Waals surface area contributed by atoms with Crippen LogP contribution in [0.15, 0.2) is 66.9 Å². The SMILES string of the molecule is COc1ccc(/C=C/C(=O)N(Cc2ccccn2)c2nc3ccc(C)cc3s2)cc1OC. The van der Waals surface area contributed by atoms with Gasteiger partial charge in [-0.1, -0.05) is 29.5 Å². The molecule has 0 atom stereocenters. The Kier molecular flexibility index (Phi) is 6.47. The number of ether oxygens (including phenoxy) is 2. The molecule has 0 saturated heterocycles. The van der Waals surface area contributed by atoms with E-state index in [0.717, 1.165) is 27.0 Å². The molecule has 4 aromatic rings. The van der Waals surface area contributed by atoms with Crippen LogP contribution >= 0.6 is 11.3 Å². The van der Waals surface area contributed by atoms with Gasteiger partial charge in [0, 0.05) is 12.3 Å². The summed E-state index contributed by atoms with van der Waals surface area (Å²) in [6.07, 6.45) is 5.02. The van der Waals surface area contributed by atoms with E-state index in [1.165, 1.54) is 11.3 Å². The topological polar surface area (TPSA) is 64.5 Å². The second kappa shape index (κ2) is 9.62. The summed E-state index contributed by atoms with van der Waals surface area (Å²) in [6, 6.07) is 17.3. The van der Waals surface area contributed by atoms with Crippen LogP contribution in [0.25, 0.3) is 16.3 Å². The molecule has 32 heavy (non-hydrogen) atoms. The molecular weight excluding hydrogens is 422 g/mol. The fourth-order valence-electron chi connectivity index (χ4n) is 3.24. The molecule has 0 spiro atoms. The Morgan fingerprint density at radius 3 is 2.66 bits per heavy atom. The number of fused-ring (bicyclic) bond motifs is 1. The fraction of sp³-hybridized carbons (Fsp3) is 0.160. The molecule has 0 aliphatic rings. The van der Waals surface area contributed by atoms with Gasteiger partial charge in [-0.25, -0.2) is 4.98 Å². The van der Waals surface area contributed by atoms with Gasteiger partial charge in [-0.05, 0) is 60.5 Å². The number of hydrogen-bond acceptors (Lipinski definition) is 6. The number of nitrogens with zero attached hydrogens (tertiary/aromatic N) is 3. The van der Waals surface area contributed by atoms with E-state index in [2.05, 4.69) is 11.1 Å². The second-order valence-electron chi connectivity index (χ2n) is 7.16. The highest BCUT2D eigenvalue weighted by Crippen LogP contribution is 2.31. The third-order valence-electron chi connectivity index (χ3n) is 4.90. The Labute approximate surface area is 190 Å². The minimum absolute atomic E-state index is 0.179. The van der Waals surface area contributed by atoms with Crippen molar-refractivity contribution in [3.63, 3.8) is 0 Å². The zero-order valence-electron chi connectivity index (χ0n) is 18.1. The summed E-state index contributed by atoms with van der Waals surface area (Å²) < 4.78 is 11.7. The van der Waals surface area contributed by atoms with E-state index < -0.39 is 0 Å². The first-order chi connectivity index (χ1) is 15.6. The van der Waals surface area contributed by atoms with Crippen molar-refractivity contribution in [1.82, 2.24) is 9.97 Å². The molecule has 2 aromatic carbocycles. The molecule has 2 aromatic heterocycles. The lowest BCUT2D eigenvalue weighted by Gasteiger charge is -2.17. The van der Waals surface area contributed by atoms with Crippen molar-refractivity contribution in [3.8, 4) is 11.5 Å². The zero-order chi connectivity index (χ0) is 22.5. The Hall–Kier alpha value is -3.71. The number of aryl methyl sites for hydroxylation is 1. The van der Waals surface area contributed by atoms with Gasteiger partial charge in [0.2, 0.25) is 0 Å². The highest BCUT2D eigenvalue weighted by Gasteiger charge is 2.19. The first-order valence-electron chi connectivity index (χ1n) is 10.1. The molecule has 2 heterocycles. The van der Waals surface area contributed by atoms with Crippen LogP contribution < -0.4 is 14.4 Å². The molecule has 0 aliphatic heterocycles. The van der Waals surface area contributed by atoms with Crippen molar-refractivity contribution in [2.75, 3.05) is 19.1 Å². The molecular formula is C25H23N3O3S. The zero-order valence-corrected chi connectivity index (χ0v) is 18.9. The molecule has 0 aliphatic carbocycles. The van der Waals surface area contributed by atoms with Crippen LogP contribution in [-0.4, -0.2) is 30.1 Å². The van der Waals surface area contributed by atoms with Crippen molar-refractivity contribution in [1.29, 1.82) is 0 Å². The van der Waals surface area contributed by atoms with Crippen molar-refractivity contribution in [2.45, 2.75) is 13.5 Å². The maximum absolute atomic E-state index is 13.3. The molecule has 1 amide bonds. The average molecular weight is 446 g/mol. The van der Waals surface area contributed by atoms with E-state index >= 15 is 0 Å². The second-order valence-corrected chi connectivity index (χ2v) is 8.17. The molecule has 162 valence electrons. The maximum atomic E-state index is 13.3. The number of carbonyl (C=O) groups is 1. The van der Waals surface area contributed by atoms with Crippen molar-refractivity contribution >= 4 is 38.7 Å². The van der Waals surface area contributed by atoms with Crippen LogP contribution in [0.3, 0.4) is 0 Å². The quantitative estimate of drug-likeness (QED) is 0.363. The van der Waals surface area contributed by atoms with Gasteiger partial charge in [-0.2, -0.15) is 0 Å². The van der Waals surface area contributed by atoms with Gasteiger partial charge >= 0.3 is 0 Å². The van der Waals surface area contributed by atoms with Crippen LogP contribution in [-0.2, 0) is 11.3 Å². The molecule has 0 fully saturated rings. The van der Waals surface area contributed by atoms with E-state index in [1.54, 1.807) is 37.5 Å². The summed E-state index contributed by atoms with van der Waals surface area (Å²) in [7, 11) is 3.17. The monoisotopic (exact) mass is 445 g/mol. The summed E-state index contributed by atoms with van der Waals surface area (Å²) in [5, 5.41) is 0.637. The molecule has 6 nitrogen and oxygen atoms in total. The van der Waals surface area contributed by atoms with E-state index in [1.807, 2.05) is 55.5 Å². The predicted molar refractivity (Wildman–Crippen MR) is 128 cm³/mol. The van der Waals surface area contributed by atoms with Gasteiger partial charge in [-0.3, -0.25) is 14.7 Å². The smallest absolute Gasteiger partial charge is 0.253 e. The summed E-state index contributed by atoms with van der Waals surface area (Å²) >= 11 is 1.50. The van der Waals surface area contributed by atoms with Crippen molar-refractivity contribution < 1.29 is 14.3 Å². The van der Waals surface area contributed by atoms with Gasteiger partial charge in [-0.15, -0.1) is 0 Å². The fourth-order valence-corrected chi connectivity index (χ4v) is 4.31. The lowest BCUT2D eigenvalue weighted by molar-refractivity contribution is -0.114. The Morgan fingerprint density at radius 1 is 1.06 bits per heavy atom. The molecule has 0 N–H and O–H groups in total. The Balaban J connectivity index is 1.65. The van der Waals surface area contributed by atoms with Gasteiger partial charge < -0.3 is 9.47 Å². The first kappa shape index (κ1) is 21.5. The third-order valence-corrected chi connectivity index (χ3v) is 5.94. The predicted octanol–water partition coefficient (Wildman–Crippen LogP) is 5.26. The summed E-state index contributed by atoms with van der Waals surface area (Å²) in [4.78, 5) is 24.0. The third kappa shape index (κ3) is 4.78. The van der Waals surface area contributed by atoms with E-state index in [0.29, 0.717) is 23.2 Å². The highest BCUT2D eigenvalue weighted by molar-refractivity contribution is 7.22. The van der Waals surface area contributed by atoms with Crippen LogP contribution in [0.2, 0.25) is 0 Å². The standard InChI is InChI=1S/C25H23N3O3S/c1-17-7-10-20-23(14-17)32-25(27-20)28(16-19-6-4-5-13-26-19)24(29)12-9-18-8-11-21(30-2)22(15-18)31-3/h4-15H,16H2,1-3H3/b12-9+. The average Bonchev–Trinajstić information content (AvgIpc) is 3.24. The van der Waals surface area contributed by atoms with Crippen molar-refractivity contribution in [2.24, 2.45) is 0 Å². The number of hydrogen-bond donors (Lipinski definition) is 0. The lowest BCUT2D eigenvalue weighted by Crippen LogP contribution is -2.29. The number of aromatic nitrogens is 2. The number of pyridine rings is 1. The number of anilines is 1. The van der Waals surface area contributed by atoms with Gasteiger partial charge in [0.1, 0.15) is 0 Å². The molecule has 0 bridgehead atoms. The Bertz CT molecular complexity index is 1270. The van der Waals surface area contributed by atoms with Crippen LogP contribution in [0.1, 0.15) is 16.8 Å².